The lowest BCUT2D eigenvalue weighted by Gasteiger charge is -2.07. The summed E-state index contributed by atoms with van der Waals surface area (Å²) in [6.45, 7) is 0.683. The van der Waals surface area contributed by atoms with E-state index in [9.17, 15) is 8.42 Å². The first-order valence-electron chi connectivity index (χ1n) is 5.17. The van der Waals surface area contributed by atoms with Gasteiger partial charge in [-0.1, -0.05) is 11.6 Å². The molecule has 0 spiro atoms. The summed E-state index contributed by atoms with van der Waals surface area (Å²) in [6, 6.07) is 1.55. The van der Waals surface area contributed by atoms with E-state index in [1.165, 1.54) is 7.11 Å². The number of nitrogens with zero attached hydrogens (tertiary/aromatic N) is 2. The van der Waals surface area contributed by atoms with Crippen LogP contribution in [0, 0.1) is 0 Å². The van der Waals surface area contributed by atoms with E-state index in [0.29, 0.717) is 29.8 Å². The van der Waals surface area contributed by atoms with E-state index in [2.05, 4.69) is 15.3 Å². The lowest BCUT2D eigenvalue weighted by Crippen LogP contribution is -2.19. The topological polar surface area (TPSA) is 107 Å². The zero-order valence-corrected chi connectivity index (χ0v) is 11.5. The Labute approximate surface area is 111 Å². The SMILES string of the molecule is COCc1nc(Cl)cc(NCCCS(N)(=O)=O)n1. The standard InChI is InChI=1S/C9H15ClN4O3S/c1-17-6-9-13-7(10)5-8(14-9)12-3-2-4-18(11,15)16/h5H,2-4,6H2,1H3,(H2,11,15,16)(H,12,13,14). The Hall–Kier alpha value is -0.960. The smallest absolute Gasteiger partial charge is 0.209 e. The molecular weight excluding hydrogens is 280 g/mol. The summed E-state index contributed by atoms with van der Waals surface area (Å²) in [5.74, 6) is 0.902. The van der Waals surface area contributed by atoms with E-state index < -0.39 is 10.0 Å². The molecule has 0 aromatic carbocycles. The molecule has 0 saturated carbocycles. The van der Waals surface area contributed by atoms with Gasteiger partial charge in [0, 0.05) is 19.7 Å². The third-order valence-electron chi connectivity index (χ3n) is 1.93. The van der Waals surface area contributed by atoms with Crippen LogP contribution in [0.25, 0.3) is 0 Å². The van der Waals surface area contributed by atoms with Crippen molar-refractivity contribution in [3.05, 3.63) is 17.0 Å². The first-order chi connectivity index (χ1) is 8.40. The summed E-state index contributed by atoms with van der Waals surface area (Å²) < 4.78 is 26.3. The van der Waals surface area contributed by atoms with Crippen molar-refractivity contribution in [2.75, 3.05) is 24.7 Å². The minimum Gasteiger partial charge on any atom is -0.377 e. The van der Waals surface area contributed by atoms with Gasteiger partial charge in [0.1, 0.15) is 17.6 Å². The Morgan fingerprint density at radius 2 is 2.22 bits per heavy atom. The van der Waals surface area contributed by atoms with Crippen molar-refractivity contribution < 1.29 is 13.2 Å². The molecule has 0 amide bonds. The second-order valence-corrected chi connectivity index (χ2v) is 5.69. The molecule has 1 heterocycles. The number of nitrogens with two attached hydrogens (primary N) is 1. The van der Waals surface area contributed by atoms with Gasteiger partial charge in [-0.25, -0.2) is 23.5 Å². The number of aromatic nitrogens is 2. The highest BCUT2D eigenvalue weighted by atomic mass is 35.5. The van der Waals surface area contributed by atoms with Gasteiger partial charge in [0.2, 0.25) is 10.0 Å². The molecule has 0 atom stereocenters. The Bertz CT molecular complexity index is 495. The van der Waals surface area contributed by atoms with E-state index in [0.717, 1.165) is 0 Å². The number of sulfonamides is 1. The number of rotatable bonds is 7. The third kappa shape index (κ3) is 6.10. The first-order valence-corrected chi connectivity index (χ1v) is 7.27. The fourth-order valence-corrected chi connectivity index (χ4v) is 1.99. The van der Waals surface area contributed by atoms with Crippen LogP contribution in [0.4, 0.5) is 5.82 Å². The number of anilines is 1. The highest BCUT2D eigenvalue weighted by Gasteiger charge is 2.04. The van der Waals surface area contributed by atoms with Gasteiger partial charge in [-0.15, -0.1) is 0 Å². The second kappa shape index (κ2) is 6.83. The van der Waals surface area contributed by atoms with E-state index in [1.807, 2.05) is 0 Å². The van der Waals surface area contributed by atoms with Gasteiger partial charge in [0.25, 0.3) is 0 Å². The molecule has 1 aromatic rings. The Morgan fingerprint density at radius 1 is 1.50 bits per heavy atom. The summed E-state index contributed by atoms with van der Waals surface area (Å²) in [5.41, 5.74) is 0. The largest absolute Gasteiger partial charge is 0.377 e. The maximum atomic E-state index is 10.7. The molecule has 18 heavy (non-hydrogen) atoms. The molecule has 0 aliphatic rings. The predicted molar refractivity (Wildman–Crippen MR) is 68.8 cm³/mol. The highest BCUT2D eigenvalue weighted by Crippen LogP contribution is 2.12. The number of halogens is 1. The first kappa shape index (κ1) is 15.1. The predicted octanol–water partition coefficient (Wildman–Crippen LogP) is 0.367. The maximum Gasteiger partial charge on any atom is 0.209 e. The molecule has 0 radical (unpaired) electrons. The van der Waals surface area contributed by atoms with E-state index >= 15 is 0 Å². The van der Waals surface area contributed by atoms with Crippen LogP contribution >= 0.6 is 11.6 Å². The van der Waals surface area contributed by atoms with Crippen molar-refractivity contribution in [2.45, 2.75) is 13.0 Å². The molecule has 0 bridgehead atoms. The van der Waals surface area contributed by atoms with Crippen LogP contribution in [0.3, 0.4) is 0 Å². The number of ether oxygens (including phenoxy) is 1. The molecular formula is C9H15ClN4O3S. The fourth-order valence-electron chi connectivity index (χ4n) is 1.24. The van der Waals surface area contributed by atoms with Crippen LogP contribution < -0.4 is 10.5 Å². The van der Waals surface area contributed by atoms with Gasteiger partial charge in [-0.3, -0.25) is 0 Å². The summed E-state index contributed by atoms with van der Waals surface area (Å²) in [4.78, 5) is 8.11. The summed E-state index contributed by atoms with van der Waals surface area (Å²) in [7, 11) is -1.89. The van der Waals surface area contributed by atoms with Crippen LogP contribution in [-0.4, -0.2) is 37.8 Å². The zero-order valence-electron chi connectivity index (χ0n) is 9.89. The number of hydrogen-bond acceptors (Lipinski definition) is 6. The van der Waals surface area contributed by atoms with Crippen LogP contribution in [0.1, 0.15) is 12.2 Å². The summed E-state index contributed by atoms with van der Waals surface area (Å²) in [5, 5.41) is 8.13. The van der Waals surface area contributed by atoms with Crippen LogP contribution in [0.2, 0.25) is 5.15 Å². The minimum atomic E-state index is -3.42. The van der Waals surface area contributed by atoms with Crippen molar-refractivity contribution in [3.8, 4) is 0 Å². The monoisotopic (exact) mass is 294 g/mol. The number of nitrogens with one attached hydrogen (secondary N) is 1. The summed E-state index contributed by atoms with van der Waals surface area (Å²) in [6.07, 6.45) is 0.389. The van der Waals surface area contributed by atoms with Gasteiger partial charge < -0.3 is 10.1 Å². The Kier molecular flexibility index (Phi) is 5.73. The Morgan fingerprint density at radius 3 is 2.83 bits per heavy atom. The molecule has 9 heteroatoms. The van der Waals surface area contributed by atoms with Crippen molar-refractivity contribution in [1.82, 2.24) is 9.97 Å². The molecule has 1 aromatic heterocycles. The number of hydrogen-bond donors (Lipinski definition) is 2. The molecule has 0 saturated heterocycles. The van der Waals surface area contributed by atoms with Crippen LogP contribution in [0.15, 0.2) is 6.07 Å². The minimum absolute atomic E-state index is 0.0796. The van der Waals surface area contributed by atoms with Gasteiger partial charge >= 0.3 is 0 Å². The number of methoxy groups -OCH3 is 1. The molecule has 3 N–H and O–H groups in total. The lowest BCUT2D eigenvalue weighted by atomic mass is 10.4. The van der Waals surface area contributed by atoms with Crippen molar-refractivity contribution in [2.24, 2.45) is 5.14 Å². The quantitative estimate of drug-likeness (QED) is 0.555. The van der Waals surface area contributed by atoms with Crippen LogP contribution in [0.5, 0.6) is 0 Å². The van der Waals surface area contributed by atoms with Gasteiger partial charge in [0.05, 0.1) is 5.75 Å². The summed E-state index contributed by atoms with van der Waals surface area (Å²) >= 11 is 5.81. The van der Waals surface area contributed by atoms with E-state index in [4.69, 9.17) is 21.5 Å². The van der Waals surface area contributed by atoms with Crippen LogP contribution in [-0.2, 0) is 21.4 Å². The average molecular weight is 295 g/mol. The lowest BCUT2D eigenvalue weighted by molar-refractivity contribution is 0.178. The average Bonchev–Trinajstić information content (AvgIpc) is 2.23. The Balaban J connectivity index is 2.51. The van der Waals surface area contributed by atoms with Gasteiger partial charge in [-0.05, 0) is 6.42 Å². The zero-order chi connectivity index (χ0) is 13.6. The van der Waals surface area contributed by atoms with Crippen molar-refractivity contribution in [3.63, 3.8) is 0 Å². The second-order valence-electron chi connectivity index (χ2n) is 3.57. The maximum absolute atomic E-state index is 10.7. The molecule has 7 nitrogen and oxygen atoms in total. The van der Waals surface area contributed by atoms with E-state index in [1.54, 1.807) is 6.07 Å². The van der Waals surface area contributed by atoms with E-state index in [-0.39, 0.29) is 12.4 Å². The highest BCUT2D eigenvalue weighted by molar-refractivity contribution is 7.89. The van der Waals surface area contributed by atoms with Crippen molar-refractivity contribution in [1.29, 1.82) is 0 Å². The van der Waals surface area contributed by atoms with Gasteiger partial charge in [-0.2, -0.15) is 0 Å². The molecule has 1 rings (SSSR count). The third-order valence-corrected chi connectivity index (χ3v) is 2.98. The normalized spacial score (nSPS) is 11.5. The fraction of sp³-hybridized carbons (Fsp3) is 0.556. The molecule has 102 valence electrons. The number of primary sulfonamides is 1. The molecule has 0 aliphatic heterocycles. The molecule has 0 aliphatic carbocycles. The molecule has 0 unspecified atom stereocenters. The van der Waals surface area contributed by atoms with Crippen molar-refractivity contribution >= 4 is 27.4 Å². The van der Waals surface area contributed by atoms with Gasteiger partial charge in [0.15, 0.2) is 5.82 Å². The molecule has 0 fully saturated rings.